The fourth-order valence-electron chi connectivity index (χ4n) is 3.76. The summed E-state index contributed by atoms with van der Waals surface area (Å²) < 4.78 is 37.3. The van der Waals surface area contributed by atoms with Crippen LogP contribution >= 0.6 is 0 Å². The summed E-state index contributed by atoms with van der Waals surface area (Å²) in [5, 5.41) is 0. The van der Waals surface area contributed by atoms with E-state index < -0.39 is 33.4 Å². The third kappa shape index (κ3) is 3.23. The molecule has 0 aromatic heterocycles. The molecule has 1 spiro atoms. The zero-order valence-electron chi connectivity index (χ0n) is 14.9. The maximum Gasteiger partial charge on any atom is 0.307 e. The lowest BCUT2D eigenvalue weighted by atomic mass is 9.77. The summed E-state index contributed by atoms with van der Waals surface area (Å²) >= 11 is 0. The Kier molecular flexibility index (Phi) is 5.07. The van der Waals surface area contributed by atoms with Gasteiger partial charge in [-0.25, -0.2) is 12.7 Å². The molecule has 0 bridgehead atoms. The van der Waals surface area contributed by atoms with E-state index in [1.165, 1.54) is 19.2 Å². The van der Waals surface area contributed by atoms with Crippen LogP contribution in [-0.2, 0) is 29.1 Å². The molecule has 2 aliphatic rings. The molecule has 1 unspecified atom stereocenters. The quantitative estimate of drug-likeness (QED) is 0.737. The van der Waals surface area contributed by atoms with Gasteiger partial charge in [0.2, 0.25) is 5.91 Å². The van der Waals surface area contributed by atoms with Gasteiger partial charge in [0.1, 0.15) is 0 Å². The fourth-order valence-corrected chi connectivity index (χ4v) is 5.42. The highest BCUT2D eigenvalue weighted by Crippen LogP contribution is 2.47. The first-order valence-corrected chi connectivity index (χ1v) is 10.0. The van der Waals surface area contributed by atoms with Crippen LogP contribution in [0.5, 0.6) is 0 Å². The molecule has 2 heterocycles. The monoisotopic (exact) mass is 381 g/mol. The number of methoxy groups -OCH3 is 1. The number of hydrogen-bond acceptors (Lipinski definition) is 6. The fraction of sp³-hybridized carbons (Fsp3) is 0.556. The molecule has 2 saturated heterocycles. The molecule has 1 aromatic carbocycles. The molecule has 142 valence electrons. The Bertz CT molecular complexity index is 795. The Hall–Kier alpha value is -1.93. The molecule has 3 rings (SSSR count). The predicted octanol–water partition coefficient (Wildman–Crippen LogP) is 1.64. The van der Waals surface area contributed by atoms with E-state index in [0.29, 0.717) is 32.5 Å². The number of carbonyl (C=O) groups is 2. The van der Waals surface area contributed by atoms with Crippen molar-refractivity contribution in [3.8, 4) is 0 Å². The molecule has 2 fully saturated rings. The van der Waals surface area contributed by atoms with Crippen molar-refractivity contribution >= 4 is 21.9 Å². The molecule has 8 heteroatoms. The van der Waals surface area contributed by atoms with Gasteiger partial charge in [-0.2, -0.15) is 0 Å². The molecule has 0 radical (unpaired) electrons. The lowest BCUT2D eigenvalue weighted by Gasteiger charge is -2.31. The average Bonchev–Trinajstić information content (AvgIpc) is 2.87. The lowest BCUT2D eigenvalue weighted by molar-refractivity contribution is -0.141. The Labute approximate surface area is 153 Å². The van der Waals surface area contributed by atoms with Crippen LogP contribution in [0.3, 0.4) is 0 Å². The van der Waals surface area contributed by atoms with E-state index >= 15 is 0 Å². The van der Waals surface area contributed by atoms with Gasteiger partial charge < -0.3 is 9.47 Å². The molecule has 1 atom stereocenters. The van der Waals surface area contributed by atoms with E-state index in [2.05, 4.69) is 0 Å². The molecular weight excluding hydrogens is 358 g/mol. The molecule has 0 aliphatic carbocycles. The third-order valence-corrected chi connectivity index (χ3v) is 7.12. The van der Waals surface area contributed by atoms with Gasteiger partial charge in [0.05, 0.1) is 29.9 Å². The van der Waals surface area contributed by atoms with Crippen molar-refractivity contribution in [3.63, 3.8) is 0 Å². The minimum absolute atomic E-state index is 0.0513. The summed E-state index contributed by atoms with van der Waals surface area (Å²) in [5.41, 5.74) is 0.137. The maximum absolute atomic E-state index is 13.2. The van der Waals surface area contributed by atoms with Crippen molar-refractivity contribution in [2.45, 2.75) is 43.5 Å². The highest BCUT2D eigenvalue weighted by molar-refractivity contribution is 7.89. The summed E-state index contributed by atoms with van der Waals surface area (Å²) in [7, 11) is -2.80. The smallest absolute Gasteiger partial charge is 0.307 e. The highest BCUT2D eigenvalue weighted by atomic mass is 32.2. The normalized spacial score (nSPS) is 22.6. The number of amides is 1. The van der Waals surface area contributed by atoms with Crippen LogP contribution in [0.1, 0.15) is 31.2 Å². The minimum Gasteiger partial charge on any atom is -0.469 e. The Balaban J connectivity index is 2.00. The van der Waals surface area contributed by atoms with Gasteiger partial charge in [-0.15, -0.1) is 0 Å². The van der Waals surface area contributed by atoms with Gasteiger partial charge in [0, 0.05) is 13.2 Å². The summed E-state index contributed by atoms with van der Waals surface area (Å²) in [6, 6.07) is 5.61. The molecular formula is C18H23NO6S. The highest BCUT2D eigenvalue weighted by Gasteiger charge is 2.56. The van der Waals surface area contributed by atoms with Crippen LogP contribution < -0.4 is 0 Å². The lowest BCUT2D eigenvalue weighted by Crippen LogP contribution is -2.43. The van der Waals surface area contributed by atoms with Crippen LogP contribution in [0.4, 0.5) is 0 Å². The van der Waals surface area contributed by atoms with Crippen molar-refractivity contribution < 1.29 is 27.5 Å². The third-order valence-electron chi connectivity index (χ3n) is 5.27. The number of aryl methyl sites for hydroxylation is 1. The van der Waals surface area contributed by atoms with Crippen molar-refractivity contribution in [1.29, 1.82) is 0 Å². The number of rotatable bonds is 4. The van der Waals surface area contributed by atoms with E-state index in [4.69, 9.17) is 9.47 Å². The SMILES string of the molecule is COC(=O)CC1CC2(CCOCC2)C(=O)N1S(=O)(=O)c1ccc(C)cc1. The number of esters is 1. The van der Waals surface area contributed by atoms with E-state index in [1.54, 1.807) is 12.1 Å². The number of nitrogens with zero attached hydrogens (tertiary/aromatic N) is 1. The van der Waals surface area contributed by atoms with Gasteiger partial charge in [-0.3, -0.25) is 9.59 Å². The molecule has 7 nitrogen and oxygen atoms in total. The number of ether oxygens (including phenoxy) is 2. The first kappa shape index (κ1) is 18.8. The van der Waals surface area contributed by atoms with Crippen LogP contribution in [-0.4, -0.2) is 51.0 Å². The molecule has 1 amide bonds. The maximum atomic E-state index is 13.2. The van der Waals surface area contributed by atoms with Crippen LogP contribution in [0.2, 0.25) is 0 Å². The minimum atomic E-state index is -4.05. The summed E-state index contributed by atoms with van der Waals surface area (Å²) in [4.78, 5) is 25.1. The van der Waals surface area contributed by atoms with Gasteiger partial charge >= 0.3 is 5.97 Å². The second-order valence-electron chi connectivity index (χ2n) is 6.95. The van der Waals surface area contributed by atoms with Crippen molar-refractivity contribution in [2.24, 2.45) is 5.41 Å². The number of benzene rings is 1. The van der Waals surface area contributed by atoms with E-state index in [9.17, 15) is 18.0 Å². The predicted molar refractivity (Wildman–Crippen MR) is 92.7 cm³/mol. The summed E-state index contributed by atoms with van der Waals surface area (Å²) in [6.45, 7) is 2.68. The van der Waals surface area contributed by atoms with Crippen LogP contribution in [0.15, 0.2) is 29.2 Å². The Morgan fingerprint density at radius 1 is 1.27 bits per heavy atom. The van der Waals surface area contributed by atoms with Crippen molar-refractivity contribution in [1.82, 2.24) is 4.31 Å². The topological polar surface area (TPSA) is 90.0 Å². The zero-order valence-corrected chi connectivity index (χ0v) is 15.8. The largest absolute Gasteiger partial charge is 0.469 e. The van der Waals surface area contributed by atoms with Crippen LogP contribution in [0, 0.1) is 12.3 Å². The number of hydrogen-bond donors (Lipinski definition) is 0. The molecule has 2 aliphatic heterocycles. The zero-order chi connectivity index (χ0) is 18.9. The number of carbonyl (C=O) groups excluding carboxylic acids is 2. The van der Waals surface area contributed by atoms with Gasteiger partial charge in [-0.1, -0.05) is 17.7 Å². The van der Waals surface area contributed by atoms with Crippen LogP contribution in [0.25, 0.3) is 0 Å². The van der Waals surface area contributed by atoms with Gasteiger partial charge in [0.15, 0.2) is 0 Å². The van der Waals surface area contributed by atoms with E-state index in [-0.39, 0.29) is 11.3 Å². The van der Waals surface area contributed by atoms with Gasteiger partial charge in [-0.05, 0) is 38.3 Å². The molecule has 1 aromatic rings. The molecule has 0 saturated carbocycles. The molecule has 0 N–H and O–H groups in total. The standard InChI is InChI=1S/C18H23NO6S/c1-13-3-5-15(6-4-13)26(22,23)19-14(11-16(20)24-2)12-18(17(19)21)7-9-25-10-8-18/h3-6,14H,7-12H2,1-2H3. The number of sulfonamides is 1. The van der Waals surface area contributed by atoms with Crippen molar-refractivity contribution in [2.75, 3.05) is 20.3 Å². The first-order chi connectivity index (χ1) is 12.3. The average molecular weight is 381 g/mol. The van der Waals surface area contributed by atoms with E-state index in [1.807, 2.05) is 6.92 Å². The first-order valence-electron chi connectivity index (χ1n) is 8.60. The molecule has 26 heavy (non-hydrogen) atoms. The van der Waals surface area contributed by atoms with Gasteiger partial charge in [0.25, 0.3) is 10.0 Å². The summed E-state index contributed by atoms with van der Waals surface area (Å²) in [6.07, 6.45) is 1.10. The Morgan fingerprint density at radius 3 is 2.46 bits per heavy atom. The van der Waals surface area contributed by atoms with Crippen molar-refractivity contribution in [3.05, 3.63) is 29.8 Å². The second-order valence-corrected chi connectivity index (χ2v) is 8.76. The summed E-state index contributed by atoms with van der Waals surface area (Å²) in [5.74, 6) is -0.966. The van der Waals surface area contributed by atoms with E-state index in [0.717, 1.165) is 9.87 Å². The Morgan fingerprint density at radius 2 is 1.88 bits per heavy atom. The second kappa shape index (κ2) is 7.00.